The molecule has 0 unspecified atom stereocenters. The lowest BCUT2D eigenvalue weighted by molar-refractivity contribution is -0.181. The van der Waals surface area contributed by atoms with Gasteiger partial charge in [-0.3, -0.25) is 14.4 Å². The summed E-state index contributed by atoms with van der Waals surface area (Å²) in [6.07, 6.45) is 10.6. The first-order valence-electron chi connectivity index (χ1n) is 15.1. The Morgan fingerprint density at radius 1 is 1.03 bits per heavy atom. The van der Waals surface area contributed by atoms with Gasteiger partial charge >= 0.3 is 5.97 Å². The van der Waals surface area contributed by atoms with Crippen molar-refractivity contribution in [3.05, 3.63) is 29.1 Å². The van der Waals surface area contributed by atoms with Gasteiger partial charge in [0.05, 0.1) is 11.9 Å². The molecule has 6 rings (SSSR count). The molecule has 1 aromatic rings. The van der Waals surface area contributed by atoms with E-state index in [4.69, 9.17) is 0 Å². The first kappa shape index (κ1) is 27.0. The molecule has 0 amide bonds. The fraction of sp³-hybridized carbons (Fsp3) is 0.758. The highest BCUT2D eigenvalue weighted by atomic mass is 16.4. The Bertz CT molecular complexity index is 1330. The van der Waals surface area contributed by atoms with Crippen molar-refractivity contribution in [2.24, 2.45) is 51.2 Å². The van der Waals surface area contributed by atoms with Crippen LogP contribution in [0.25, 0.3) is 0 Å². The van der Waals surface area contributed by atoms with E-state index < -0.39 is 16.8 Å². The van der Waals surface area contributed by atoms with Gasteiger partial charge in [-0.2, -0.15) is 5.10 Å². The zero-order valence-electron chi connectivity index (χ0n) is 25.1. The van der Waals surface area contributed by atoms with Gasteiger partial charge in [0, 0.05) is 12.8 Å². The van der Waals surface area contributed by atoms with Gasteiger partial charge in [-0.25, -0.2) is 4.68 Å². The molecule has 1 heterocycles. The number of carboxylic acid groups (broad SMARTS) is 1. The van der Waals surface area contributed by atoms with Gasteiger partial charge < -0.3 is 5.11 Å². The number of aromatic nitrogens is 2. The van der Waals surface area contributed by atoms with Crippen molar-refractivity contribution >= 4 is 17.7 Å². The molecule has 10 atom stereocenters. The topological polar surface area (TPSA) is 89.3 Å². The maximum atomic E-state index is 14.6. The van der Waals surface area contributed by atoms with Crippen LogP contribution in [-0.4, -0.2) is 32.5 Å². The van der Waals surface area contributed by atoms with Crippen LogP contribution in [0.5, 0.6) is 0 Å². The molecule has 3 saturated carbocycles. The van der Waals surface area contributed by atoms with Crippen LogP contribution in [0.2, 0.25) is 0 Å². The number of carbonyl (C=O) groups excluding carboxylic acids is 2. The van der Waals surface area contributed by atoms with Crippen molar-refractivity contribution in [1.29, 1.82) is 0 Å². The smallest absolute Gasteiger partial charge is 0.315 e. The minimum atomic E-state index is -1.30. The lowest BCUT2D eigenvalue weighted by atomic mass is 9.33. The fourth-order valence-corrected chi connectivity index (χ4v) is 11.4. The first-order chi connectivity index (χ1) is 18.1. The van der Waals surface area contributed by atoms with E-state index in [1.54, 1.807) is 13.1 Å². The fourth-order valence-electron chi connectivity index (χ4n) is 11.4. The van der Waals surface area contributed by atoms with Gasteiger partial charge in [0.15, 0.2) is 5.78 Å². The van der Waals surface area contributed by atoms with Crippen molar-refractivity contribution in [3.8, 4) is 0 Å². The van der Waals surface area contributed by atoms with E-state index >= 15 is 0 Å². The molecule has 0 bridgehead atoms. The number of aliphatic carboxylic acids is 1. The molecular weight excluding hydrogens is 488 g/mol. The van der Waals surface area contributed by atoms with Crippen LogP contribution in [0.1, 0.15) is 110 Å². The number of nitrogens with zero attached hydrogens (tertiary/aromatic N) is 2. The number of fused-ring (bicyclic) bond motifs is 8. The van der Waals surface area contributed by atoms with E-state index in [0.717, 1.165) is 24.8 Å². The number of hydrogen-bond donors (Lipinski definition) is 1. The molecule has 5 aliphatic rings. The van der Waals surface area contributed by atoms with Gasteiger partial charge in [-0.1, -0.05) is 47.1 Å². The van der Waals surface area contributed by atoms with Crippen molar-refractivity contribution in [2.75, 3.05) is 0 Å². The number of rotatable bonds is 1. The summed E-state index contributed by atoms with van der Waals surface area (Å²) in [5.74, 6) is 0.0488. The van der Waals surface area contributed by atoms with Crippen molar-refractivity contribution < 1.29 is 19.5 Å². The maximum Gasteiger partial charge on any atom is 0.315 e. The largest absolute Gasteiger partial charge is 0.481 e. The third-order valence-electron chi connectivity index (χ3n) is 13.7. The van der Waals surface area contributed by atoms with Crippen LogP contribution in [-0.2, 0) is 21.4 Å². The summed E-state index contributed by atoms with van der Waals surface area (Å²) < 4.78 is 1.30. The summed E-state index contributed by atoms with van der Waals surface area (Å²) in [5, 5.41) is 15.1. The Hall–Kier alpha value is -2.24. The standard InChI is InChI=1S/C33H46N2O4/c1-18-9-11-29(4)13-14-31(6)22(25(29)19(18)2)15-23(37)26-30(5)16-21-17-34-35(20(3)36)27(21)33(8,28(38)39)24(30)10-12-32(26,31)7/h15,17-19,24-26H,9-14,16H2,1-8H3,(H,38,39)/t18-,19+,24-,25+,26-,29-,30+,31-,32-,33-/m1/s1. The summed E-state index contributed by atoms with van der Waals surface area (Å²) in [7, 11) is 0. The van der Waals surface area contributed by atoms with Crippen LogP contribution < -0.4 is 0 Å². The number of carboxylic acids is 1. The van der Waals surface area contributed by atoms with Crippen molar-refractivity contribution in [2.45, 2.75) is 106 Å². The third kappa shape index (κ3) is 3.04. The predicted octanol–water partition coefficient (Wildman–Crippen LogP) is 6.48. The molecule has 0 aliphatic heterocycles. The Morgan fingerprint density at radius 2 is 1.72 bits per heavy atom. The summed E-state index contributed by atoms with van der Waals surface area (Å²) in [6.45, 7) is 17.4. The van der Waals surface area contributed by atoms with E-state index in [2.05, 4.69) is 52.7 Å². The number of hydrogen-bond acceptors (Lipinski definition) is 4. The van der Waals surface area contributed by atoms with Crippen molar-refractivity contribution in [1.82, 2.24) is 9.78 Å². The monoisotopic (exact) mass is 534 g/mol. The van der Waals surface area contributed by atoms with Gasteiger partial charge in [-0.15, -0.1) is 0 Å². The highest BCUT2D eigenvalue weighted by Crippen LogP contribution is 2.74. The van der Waals surface area contributed by atoms with Crippen LogP contribution in [0.4, 0.5) is 0 Å². The molecular formula is C33H46N2O4. The molecule has 5 aliphatic carbocycles. The minimum absolute atomic E-state index is 0.0987. The van der Waals surface area contributed by atoms with Gasteiger partial charge in [0.25, 0.3) is 0 Å². The second kappa shape index (κ2) is 7.94. The SMILES string of the molecule is CC(=O)n1ncc2c1[C@](C)(C(=O)O)[C@@H]1CC[C@]3(C)[C@H](C(=O)C=C4[C@@H]5[C@@H](C)[C@H](C)CC[C@]5(C)CC[C@]43C)[C@@]1(C)C2. The Morgan fingerprint density at radius 3 is 2.36 bits per heavy atom. The minimum Gasteiger partial charge on any atom is -0.481 e. The second-order valence-corrected chi connectivity index (χ2v) is 15.4. The predicted molar refractivity (Wildman–Crippen MR) is 149 cm³/mol. The molecule has 0 saturated heterocycles. The quantitative estimate of drug-likeness (QED) is 0.446. The Kier molecular flexibility index (Phi) is 5.49. The van der Waals surface area contributed by atoms with E-state index in [1.165, 1.54) is 36.4 Å². The average molecular weight is 535 g/mol. The first-order valence-corrected chi connectivity index (χ1v) is 15.1. The summed E-state index contributed by atoms with van der Waals surface area (Å²) in [5.41, 5.74) is 0.747. The second-order valence-electron chi connectivity index (χ2n) is 15.4. The van der Waals surface area contributed by atoms with Crippen LogP contribution >= 0.6 is 0 Å². The van der Waals surface area contributed by atoms with Crippen LogP contribution in [0, 0.1) is 51.2 Å². The molecule has 0 aromatic carbocycles. The van der Waals surface area contributed by atoms with Gasteiger partial charge in [-0.05, 0) is 109 Å². The number of ketones is 1. The molecule has 1 aromatic heterocycles. The van der Waals surface area contributed by atoms with Crippen molar-refractivity contribution in [3.63, 3.8) is 0 Å². The molecule has 6 heteroatoms. The Labute approximate surface area is 233 Å². The lowest BCUT2D eigenvalue weighted by Crippen LogP contribution is -2.67. The number of allylic oxidation sites excluding steroid dienone is 2. The highest BCUT2D eigenvalue weighted by molar-refractivity contribution is 5.96. The van der Waals surface area contributed by atoms with Crippen LogP contribution in [0.3, 0.4) is 0 Å². The van der Waals surface area contributed by atoms with Gasteiger partial charge in [0.2, 0.25) is 5.91 Å². The third-order valence-corrected chi connectivity index (χ3v) is 13.7. The average Bonchev–Trinajstić information content (AvgIpc) is 3.27. The summed E-state index contributed by atoms with van der Waals surface area (Å²) in [4.78, 5) is 40.2. The van der Waals surface area contributed by atoms with Crippen LogP contribution in [0.15, 0.2) is 17.8 Å². The van der Waals surface area contributed by atoms with Gasteiger partial charge in [0.1, 0.15) is 5.41 Å². The summed E-state index contributed by atoms with van der Waals surface area (Å²) in [6, 6.07) is 0. The lowest BCUT2D eigenvalue weighted by Gasteiger charge is -2.70. The van der Waals surface area contributed by atoms with E-state index in [-0.39, 0.29) is 39.8 Å². The molecule has 0 spiro atoms. The normalized spacial score (nSPS) is 48.6. The molecule has 212 valence electrons. The zero-order valence-corrected chi connectivity index (χ0v) is 25.1. The Balaban J connectivity index is 1.53. The summed E-state index contributed by atoms with van der Waals surface area (Å²) >= 11 is 0. The highest BCUT2D eigenvalue weighted by Gasteiger charge is 2.72. The molecule has 3 fully saturated rings. The zero-order chi connectivity index (χ0) is 28.5. The van der Waals surface area contributed by atoms with E-state index in [0.29, 0.717) is 29.9 Å². The maximum absolute atomic E-state index is 14.6. The molecule has 6 nitrogen and oxygen atoms in total. The molecule has 0 radical (unpaired) electrons. The molecule has 39 heavy (non-hydrogen) atoms. The van der Waals surface area contributed by atoms with E-state index in [9.17, 15) is 19.5 Å². The number of carbonyl (C=O) groups is 3. The van der Waals surface area contributed by atoms with E-state index in [1.807, 2.05) is 0 Å². The molecule has 1 N–H and O–H groups in total.